The molecule has 0 saturated carbocycles. The lowest BCUT2D eigenvalue weighted by atomic mass is 10.1. The Kier molecular flexibility index (Phi) is 7.22. The van der Waals surface area contributed by atoms with Crippen molar-refractivity contribution in [2.24, 2.45) is 0 Å². The van der Waals surface area contributed by atoms with Gasteiger partial charge in [-0.15, -0.1) is 11.6 Å². The molecule has 0 heterocycles. The molecule has 2 aromatic rings. The van der Waals surface area contributed by atoms with Gasteiger partial charge in [0.2, 0.25) is 0 Å². The smallest absolute Gasteiger partial charge is 0.255 e. The van der Waals surface area contributed by atoms with E-state index in [4.69, 9.17) is 37.4 Å². The van der Waals surface area contributed by atoms with Gasteiger partial charge < -0.3 is 19.5 Å². The molecule has 5 nitrogen and oxygen atoms in total. The lowest BCUT2D eigenvalue weighted by Gasteiger charge is -2.13. The Bertz CT molecular complexity index is 737. The van der Waals surface area contributed by atoms with Gasteiger partial charge >= 0.3 is 0 Å². The quantitative estimate of drug-likeness (QED) is 0.702. The standard InChI is InChI=1S/C18H19Cl2NO4/c1-23-16-5-3-12(9-17(16)24-2)11-21-18(22)14-10-13(20)4-6-15(14)25-8-7-19/h3-6,9-10H,7-8,11H2,1-2H3,(H,21,22). The summed E-state index contributed by atoms with van der Waals surface area (Å²) in [4.78, 5) is 12.5. The molecule has 7 heteroatoms. The number of ether oxygens (including phenoxy) is 3. The Hall–Kier alpha value is -2.11. The van der Waals surface area contributed by atoms with Crippen molar-refractivity contribution in [3.63, 3.8) is 0 Å². The third-order valence-corrected chi connectivity index (χ3v) is 3.81. The van der Waals surface area contributed by atoms with Gasteiger partial charge in [0.05, 0.1) is 25.7 Å². The van der Waals surface area contributed by atoms with E-state index in [2.05, 4.69) is 5.32 Å². The molecule has 0 saturated heterocycles. The molecule has 2 rings (SSSR count). The van der Waals surface area contributed by atoms with Crippen LogP contribution < -0.4 is 19.5 Å². The van der Waals surface area contributed by atoms with Crippen LogP contribution in [-0.2, 0) is 6.54 Å². The minimum atomic E-state index is -0.290. The number of rotatable bonds is 8. The molecule has 2 aromatic carbocycles. The Labute approximate surface area is 156 Å². The number of benzene rings is 2. The summed E-state index contributed by atoms with van der Waals surface area (Å²) in [6.45, 7) is 0.625. The molecule has 0 radical (unpaired) electrons. The van der Waals surface area contributed by atoms with Crippen molar-refractivity contribution in [1.29, 1.82) is 0 Å². The van der Waals surface area contributed by atoms with Gasteiger partial charge in [-0.3, -0.25) is 4.79 Å². The summed E-state index contributed by atoms with van der Waals surface area (Å²) in [6, 6.07) is 10.3. The van der Waals surface area contributed by atoms with Crippen molar-refractivity contribution in [1.82, 2.24) is 5.32 Å². The Morgan fingerprint density at radius 3 is 2.44 bits per heavy atom. The van der Waals surface area contributed by atoms with Crippen LogP contribution >= 0.6 is 23.2 Å². The third kappa shape index (κ3) is 5.18. The highest BCUT2D eigenvalue weighted by Crippen LogP contribution is 2.28. The van der Waals surface area contributed by atoms with E-state index < -0.39 is 0 Å². The maximum absolute atomic E-state index is 12.5. The molecule has 0 aliphatic heterocycles. The molecule has 0 bridgehead atoms. The van der Waals surface area contributed by atoms with Gasteiger partial charge in [0.1, 0.15) is 12.4 Å². The first kappa shape index (κ1) is 19.2. The average molecular weight is 384 g/mol. The molecule has 1 amide bonds. The molecule has 1 N–H and O–H groups in total. The Morgan fingerprint density at radius 2 is 1.76 bits per heavy atom. The van der Waals surface area contributed by atoms with Gasteiger partial charge in [-0.25, -0.2) is 0 Å². The van der Waals surface area contributed by atoms with Crippen molar-refractivity contribution in [2.75, 3.05) is 26.7 Å². The zero-order valence-electron chi connectivity index (χ0n) is 14.0. The SMILES string of the molecule is COc1ccc(CNC(=O)c2cc(Cl)ccc2OCCCl)cc1OC. The van der Waals surface area contributed by atoms with Gasteiger partial charge in [0.15, 0.2) is 11.5 Å². The normalized spacial score (nSPS) is 10.2. The molecule has 0 fully saturated rings. The number of methoxy groups -OCH3 is 2. The minimum Gasteiger partial charge on any atom is -0.493 e. The van der Waals surface area contributed by atoms with Crippen LogP contribution in [0.1, 0.15) is 15.9 Å². The summed E-state index contributed by atoms with van der Waals surface area (Å²) in [6.07, 6.45) is 0. The summed E-state index contributed by atoms with van der Waals surface area (Å²) in [5, 5.41) is 3.29. The van der Waals surface area contributed by atoms with Crippen LogP contribution in [0, 0.1) is 0 Å². The first-order chi connectivity index (χ1) is 12.1. The minimum absolute atomic E-state index is 0.290. The van der Waals surface area contributed by atoms with Crippen LogP contribution in [0.25, 0.3) is 0 Å². The highest BCUT2D eigenvalue weighted by Gasteiger charge is 2.14. The number of nitrogens with one attached hydrogen (secondary N) is 1. The van der Waals surface area contributed by atoms with E-state index in [9.17, 15) is 4.79 Å². The fourth-order valence-electron chi connectivity index (χ4n) is 2.22. The summed E-state index contributed by atoms with van der Waals surface area (Å²) in [5.74, 6) is 1.71. The lowest BCUT2D eigenvalue weighted by Crippen LogP contribution is -2.23. The summed E-state index contributed by atoms with van der Waals surface area (Å²) >= 11 is 11.6. The van der Waals surface area contributed by atoms with Gasteiger partial charge in [-0.05, 0) is 35.9 Å². The third-order valence-electron chi connectivity index (χ3n) is 3.42. The topological polar surface area (TPSA) is 56.8 Å². The highest BCUT2D eigenvalue weighted by molar-refractivity contribution is 6.31. The van der Waals surface area contributed by atoms with E-state index in [1.807, 2.05) is 12.1 Å². The van der Waals surface area contributed by atoms with E-state index in [-0.39, 0.29) is 5.91 Å². The van der Waals surface area contributed by atoms with Crippen molar-refractivity contribution >= 4 is 29.1 Å². The predicted octanol–water partition coefficient (Wildman–Crippen LogP) is 3.90. The molecule has 0 aliphatic carbocycles. The molecular weight excluding hydrogens is 365 g/mol. The molecule has 0 unspecified atom stereocenters. The largest absolute Gasteiger partial charge is 0.493 e. The first-order valence-electron chi connectivity index (χ1n) is 7.56. The van der Waals surface area contributed by atoms with E-state index in [1.54, 1.807) is 38.5 Å². The molecule has 0 aliphatic rings. The van der Waals surface area contributed by atoms with Gasteiger partial charge in [0, 0.05) is 11.6 Å². The maximum atomic E-state index is 12.5. The highest BCUT2D eigenvalue weighted by atomic mass is 35.5. The van der Waals surface area contributed by atoms with Gasteiger partial charge in [-0.1, -0.05) is 17.7 Å². The second-order valence-electron chi connectivity index (χ2n) is 5.05. The summed E-state index contributed by atoms with van der Waals surface area (Å²) < 4.78 is 16.0. The molecule has 0 spiro atoms. The summed E-state index contributed by atoms with van der Waals surface area (Å²) in [5.41, 5.74) is 1.23. The second-order valence-corrected chi connectivity index (χ2v) is 5.86. The molecule has 25 heavy (non-hydrogen) atoms. The Balaban J connectivity index is 2.11. The molecule has 0 aromatic heterocycles. The fraction of sp³-hybridized carbons (Fsp3) is 0.278. The predicted molar refractivity (Wildman–Crippen MR) is 98.4 cm³/mol. The van der Waals surface area contributed by atoms with Crippen LogP contribution in [0.5, 0.6) is 17.2 Å². The second kappa shape index (κ2) is 9.39. The van der Waals surface area contributed by atoms with Crippen LogP contribution in [0.4, 0.5) is 0 Å². The van der Waals surface area contributed by atoms with Crippen molar-refractivity contribution in [3.05, 3.63) is 52.5 Å². The maximum Gasteiger partial charge on any atom is 0.255 e. The van der Waals surface area contributed by atoms with Crippen molar-refractivity contribution in [3.8, 4) is 17.2 Å². The average Bonchev–Trinajstić information content (AvgIpc) is 2.64. The molecular formula is C18H19Cl2NO4. The van der Waals surface area contributed by atoms with Crippen LogP contribution in [0.2, 0.25) is 5.02 Å². The zero-order chi connectivity index (χ0) is 18.2. The van der Waals surface area contributed by atoms with E-state index in [0.29, 0.717) is 46.9 Å². The Morgan fingerprint density at radius 1 is 1.04 bits per heavy atom. The van der Waals surface area contributed by atoms with Crippen LogP contribution in [-0.4, -0.2) is 32.6 Å². The molecule has 134 valence electrons. The molecule has 0 atom stereocenters. The number of carbonyl (C=O) groups excluding carboxylic acids is 1. The van der Waals surface area contributed by atoms with E-state index >= 15 is 0 Å². The lowest BCUT2D eigenvalue weighted by molar-refractivity contribution is 0.0947. The fourth-order valence-corrected chi connectivity index (χ4v) is 2.47. The number of halogens is 2. The van der Waals surface area contributed by atoms with Crippen molar-refractivity contribution < 1.29 is 19.0 Å². The van der Waals surface area contributed by atoms with Crippen LogP contribution in [0.3, 0.4) is 0 Å². The number of alkyl halides is 1. The number of amides is 1. The van der Waals surface area contributed by atoms with Crippen molar-refractivity contribution in [2.45, 2.75) is 6.54 Å². The van der Waals surface area contributed by atoms with E-state index in [1.165, 1.54) is 0 Å². The van der Waals surface area contributed by atoms with Gasteiger partial charge in [-0.2, -0.15) is 0 Å². The number of carbonyl (C=O) groups is 1. The number of hydrogen-bond acceptors (Lipinski definition) is 4. The number of hydrogen-bond donors (Lipinski definition) is 1. The summed E-state index contributed by atoms with van der Waals surface area (Å²) in [7, 11) is 3.13. The zero-order valence-corrected chi connectivity index (χ0v) is 15.5. The van der Waals surface area contributed by atoms with Gasteiger partial charge in [0.25, 0.3) is 5.91 Å². The van der Waals surface area contributed by atoms with E-state index in [0.717, 1.165) is 5.56 Å². The first-order valence-corrected chi connectivity index (χ1v) is 8.47. The monoisotopic (exact) mass is 383 g/mol. The van der Waals surface area contributed by atoms with Crippen LogP contribution in [0.15, 0.2) is 36.4 Å².